The second-order valence-electron chi connectivity index (χ2n) is 4.77. The normalized spacial score (nSPS) is 11.2. The maximum Gasteiger partial charge on any atom is 0.573 e. The molecule has 1 aromatic carbocycles. The number of halogens is 5. The molecule has 0 saturated heterocycles. The highest BCUT2D eigenvalue weighted by atomic mass is 79.9. The molecular formula is C15H11BrF4N2O2. The minimum atomic E-state index is -4.93. The van der Waals surface area contributed by atoms with Gasteiger partial charge in [0, 0.05) is 22.9 Å². The van der Waals surface area contributed by atoms with Gasteiger partial charge in [0.25, 0.3) is 5.91 Å². The molecule has 24 heavy (non-hydrogen) atoms. The van der Waals surface area contributed by atoms with Crippen LogP contribution in [0.2, 0.25) is 0 Å². The third kappa shape index (κ3) is 4.92. The van der Waals surface area contributed by atoms with E-state index in [1.54, 1.807) is 19.2 Å². The zero-order chi connectivity index (χ0) is 17.9. The average Bonchev–Trinajstić information content (AvgIpc) is 2.48. The van der Waals surface area contributed by atoms with Crippen molar-refractivity contribution in [1.29, 1.82) is 0 Å². The molecule has 0 saturated carbocycles. The summed E-state index contributed by atoms with van der Waals surface area (Å²) in [7, 11) is 0. The van der Waals surface area contributed by atoms with E-state index in [0.29, 0.717) is 21.8 Å². The fraction of sp³-hybridized carbons (Fsp3) is 0.200. The van der Waals surface area contributed by atoms with Crippen LogP contribution in [0.3, 0.4) is 0 Å². The van der Waals surface area contributed by atoms with Crippen LogP contribution in [-0.2, 0) is 6.54 Å². The van der Waals surface area contributed by atoms with E-state index in [9.17, 15) is 22.4 Å². The Hall–Kier alpha value is -2.16. The van der Waals surface area contributed by atoms with Gasteiger partial charge in [-0.15, -0.1) is 13.2 Å². The Morgan fingerprint density at radius 2 is 2.04 bits per heavy atom. The van der Waals surface area contributed by atoms with E-state index in [4.69, 9.17) is 0 Å². The van der Waals surface area contributed by atoms with Crippen LogP contribution < -0.4 is 10.1 Å². The van der Waals surface area contributed by atoms with Crippen LogP contribution in [0, 0.1) is 12.7 Å². The van der Waals surface area contributed by atoms with E-state index in [0.717, 1.165) is 12.1 Å². The van der Waals surface area contributed by atoms with Crippen LogP contribution in [0.5, 0.6) is 5.75 Å². The Morgan fingerprint density at radius 1 is 1.33 bits per heavy atom. The number of aryl methyl sites for hydroxylation is 1. The molecule has 0 aliphatic carbocycles. The summed E-state index contributed by atoms with van der Waals surface area (Å²) in [5.74, 6) is -2.49. The van der Waals surface area contributed by atoms with Crippen LogP contribution in [-0.4, -0.2) is 17.3 Å². The Bertz CT molecular complexity index is 766. The Morgan fingerprint density at radius 3 is 2.71 bits per heavy atom. The standard InChI is InChI=1S/C15H11BrF4N2O2/c1-8-9(4-10(16)7-21-8)6-22-14(23)12-5-11(2-3-13(12)17)24-15(18,19)20/h2-5,7H,6H2,1H3,(H,22,23). The predicted molar refractivity (Wildman–Crippen MR) is 80.9 cm³/mol. The first-order valence-corrected chi connectivity index (χ1v) is 7.39. The zero-order valence-corrected chi connectivity index (χ0v) is 13.8. The summed E-state index contributed by atoms with van der Waals surface area (Å²) in [6.07, 6.45) is -3.34. The monoisotopic (exact) mass is 406 g/mol. The van der Waals surface area contributed by atoms with Crippen molar-refractivity contribution >= 4 is 21.8 Å². The molecular weight excluding hydrogens is 396 g/mol. The highest BCUT2D eigenvalue weighted by Crippen LogP contribution is 2.24. The second-order valence-corrected chi connectivity index (χ2v) is 5.69. The van der Waals surface area contributed by atoms with Crippen molar-refractivity contribution in [2.24, 2.45) is 0 Å². The molecule has 128 valence electrons. The summed E-state index contributed by atoms with van der Waals surface area (Å²) in [5, 5.41) is 2.44. The largest absolute Gasteiger partial charge is 0.573 e. The number of pyridine rings is 1. The molecule has 0 bridgehead atoms. The molecule has 4 nitrogen and oxygen atoms in total. The summed E-state index contributed by atoms with van der Waals surface area (Å²) >= 11 is 3.24. The van der Waals surface area contributed by atoms with Crippen LogP contribution in [0.25, 0.3) is 0 Å². The number of ether oxygens (including phenoxy) is 1. The van der Waals surface area contributed by atoms with Gasteiger partial charge in [0.2, 0.25) is 0 Å². The van der Waals surface area contributed by atoms with E-state index >= 15 is 0 Å². The van der Waals surface area contributed by atoms with Gasteiger partial charge in [-0.25, -0.2) is 4.39 Å². The first-order chi connectivity index (χ1) is 11.2. The Labute approximate surface area is 143 Å². The van der Waals surface area contributed by atoms with E-state index < -0.39 is 29.4 Å². The quantitative estimate of drug-likeness (QED) is 0.776. The lowest BCUT2D eigenvalue weighted by Crippen LogP contribution is -2.25. The fourth-order valence-corrected chi connectivity index (χ4v) is 2.25. The van der Waals surface area contributed by atoms with Crippen molar-refractivity contribution in [3.63, 3.8) is 0 Å². The van der Waals surface area contributed by atoms with Crippen molar-refractivity contribution in [3.05, 3.63) is 57.6 Å². The molecule has 1 amide bonds. The molecule has 0 fully saturated rings. The molecule has 1 heterocycles. The van der Waals surface area contributed by atoms with E-state index in [1.165, 1.54) is 0 Å². The number of rotatable bonds is 4. The maximum atomic E-state index is 13.7. The number of carbonyl (C=O) groups is 1. The predicted octanol–water partition coefficient (Wildman–Crippen LogP) is 4.12. The maximum absolute atomic E-state index is 13.7. The second kappa shape index (κ2) is 7.16. The summed E-state index contributed by atoms with van der Waals surface area (Å²) in [6.45, 7) is 1.77. The molecule has 0 spiro atoms. The lowest BCUT2D eigenvalue weighted by Gasteiger charge is -2.11. The molecule has 0 aliphatic heterocycles. The number of amides is 1. The van der Waals surface area contributed by atoms with Crippen molar-refractivity contribution in [1.82, 2.24) is 10.3 Å². The van der Waals surface area contributed by atoms with Crippen LogP contribution in [0.1, 0.15) is 21.6 Å². The molecule has 2 aromatic rings. The van der Waals surface area contributed by atoms with Gasteiger partial charge in [0.1, 0.15) is 11.6 Å². The van der Waals surface area contributed by atoms with Crippen molar-refractivity contribution in [2.75, 3.05) is 0 Å². The number of nitrogens with one attached hydrogen (secondary N) is 1. The van der Waals surface area contributed by atoms with Crippen LogP contribution >= 0.6 is 15.9 Å². The number of aromatic nitrogens is 1. The highest BCUT2D eigenvalue weighted by molar-refractivity contribution is 9.10. The first kappa shape index (κ1) is 18.2. The summed E-state index contributed by atoms with van der Waals surface area (Å²) in [5.41, 5.74) is 0.798. The highest BCUT2D eigenvalue weighted by Gasteiger charge is 2.31. The van der Waals surface area contributed by atoms with Crippen molar-refractivity contribution < 1.29 is 27.1 Å². The van der Waals surface area contributed by atoms with Gasteiger partial charge < -0.3 is 10.1 Å². The van der Waals surface area contributed by atoms with Gasteiger partial charge in [0.05, 0.1) is 5.56 Å². The zero-order valence-electron chi connectivity index (χ0n) is 12.2. The third-order valence-corrected chi connectivity index (χ3v) is 3.45. The number of nitrogens with zero attached hydrogens (tertiary/aromatic N) is 1. The molecule has 0 atom stereocenters. The van der Waals surface area contributed by atoms with E-state index in [1.807, 2.05) is 0 Å². The first-order valence-electron chi connectivity index (χ1n) is 6.60. The van der Waals surface area contributed by atoms with Gasteiger partial charge in [-0.05, 0) is 52.7 Å². The van der Waals surface area contributed by atoms with Crippen LogP contribution in [0.15, 0.2) is 34.9 Å². The summed E-state index contributed by atoms with van der Waals surface area (Å²) < 4.78 is 54.7. The Balaban J connectivity index is 2.14. The minimum absolute atomic E-state index is 0.0426. The van der Waals surface area contributed by atoms with Crippen molar-refractivity contribution in [3.8, 4) is 5.75 Å². The average molecular weight is 407 g/mol. The molecule has 1 aromatic heterocycles. The Kier molecular flexibility index (Phi) is 5.43. The van der Waals surface area contributed by atoms with Gasteiger partial charge in [-0.1, -0.05) is 0 Å². The minimum Gasteiger partial charge on any atom is -0.406 e. The molecule has 0 aliphatic rings. The SMILES string of the molecule is Cc1ncc(Br)cc1CNC(=O)c1cc(OC(F)(F)F)ccc1F. The summed E-state index contributed by atoms with van der Waals surface area (Å²) in [4.78, 5) is 16.1. The number of carbonyl (C=O) groups excluding carboxylic acids is 1. The van der Waals surface area contributed by atoms with Gasteiger partial charge in [0.15, 0.2) is 0 Å². The molecule has 0 unspecified atom stereocenters. The van der Waals surface area contributed by atoms with Gasteiger partial charge in [-0.2, -0.15) is 0 Å². The molecule has 1 N–H and O–H groups in total. The number of benzene rings is 1. The van der Waals surface area contributed by atoms with Gasteiger partial charge >= 0.3 is 6.36 Å². The molecule has 2 rings (SSSR count). The molecule has 9 heteroatoms. The number of alkyl halides is 3. The topological polar surface area (TPSA) is 51.2 Å². The fourth-order valence-electron chi connectivity index (χ4n) is 1.87. The molecule has 0 radical (unpaired) electrons. The smallest absolute Gasteiger partial charge is 0.406 e. The third-order valence-electron chi connectivity index (χ3n) is 3.01. The van der Waals surface area contributed by atoms with Gasteiger partial charge in [-0.3, -0.25) is 9.78 Å². The number of hydrogen-bond donors (Lipinski definition) is 1. The number of hydrogen-bond acceptors (Lipinski definition) is 3. The lowest BCUT2D eigenvalue weighted by molar-refractivity contribution is -0.274. The lowest BCUT2D eigenvalue weighted by atomic mass is 10.1. The van der Waals surface area contributed by atoms with Crippen molar-refractivity contribution in [2.45, 2.75) is 19.8 Å². The van der Waals surface area contributed by atoms with E-state index in [2.05, 4.69) is 31.0 Å². The summed E-state index contributed by atoms with van der Waals surface area (Å²) in [6, 6.07) is 3.95. The van der Waals surface area contributed by atoms with Crippen LogP contribution in [0.4, 0.5) is 17.6 Å². The van der Waals surface area contributed by atoms with E-state index in [-0.39, 0.29) is 6.54 Å².